The molecule has 0 aliphatic heterocycles. The molecule has 1 amide bonds. The maximum Gasteiger partial charge on any atom is 0.266 e. The number of carbonyl (C=O) groups excluding carboxylic acids is 1. The van der Waals surface area contributed by atoms with Gasteiger partial charge in [-0.15, -0.1) is 0 Å². The fourth-order valence-electron chi connectivity index (χ4n) is 2.95. The van der Waals surface area contributed by atoms with Crippen LogP contribution in [0, 0.1) is 11.3 Å². The second-order valence-electron chi connectivity index (χ2n) is 6.77. The van der Waals surface area contributed by atoms with Gasteiger partial charge < -0.3 is 19.5 Å². The third-order valence-corrected chi connectivity index (χ3v) is 5.13. The van der Waals surface area contributed by atoms with E-state index in [1.165, 1.54) is 32.4 Å². The van der Waals surface area contributed by atoms with Gasteiger partial charge in [-0.05, 0) is 29.8 Å². The summed E-state index contributed by atoms with van der Waals surface area (Å²) in [6, 6.07) is 19.6. The summed E-state index contributed by atoms with van der Waals surface area (Å²) >= 11 is 12.3. The average Bonchev–Trinajstić information content (AvgIpc) is 2.83. The van der Waals surface area contributed by atoms with Crippen molar-refractivity contribution in [3.63, 3.8) is 0 Å². The smallest absolute Gasteiger partial charge is 0.266 e. The number of nitrogens with one attached hydrogen (secondary N) is 1. The molecule has 0 spiro atoms. The lowest BCUT2D eigenvalue weighted by molar-refractivity contribution is -0.112. The summed E-state index contributed by atoms with van der Waals surface area (Å²) in [5, 5.41) is 13.1. The Balaban J connectivity index is 1.88. The molecule has 6 nitrogen and oxygen atoms in total. The molecule has 3 aromatic rings. The van der Waals surface area contributed by atoms with Crippen LogP contribution in [0.25, 0.3) is 6.08 Å². The number of nitriles is 1. The number of benzene rings is 3. The van der Waals surface area contributed by atoms with Crippen LogP contribution in [-0.2, 0) is 11.4 Å². The SMILES string of the molecule is COc1cc(NC(=O)/C(C#N)=C/c2cc(Cl)ccc2OCc2ccccc2)c(OC)cc1Cl. The molecule has 0 aromatic heterocycles. The third kappa shape index (κ3) is 6.19. The first-order chi connectivity index (χ1) is 15.9. The van der Waals surface area contributed by atoms with E-state index in [9.17, 15) is 10.1 Å². The van der Waals surface area contributed by atoms with Crippen molar-refractivity contribution < 1.29 is 19.0 Å². The minimum absolute atomic E-state index is 0.155. The summed E-state index contributed by atoms with van der Waals surface area (Å²) in [6.45, 7) is 0.319. The fraction of sp³-hybridized carbons (Fsp3) is 0.120. The van der Waals surface area contributed by atoms with E-state index >= 15 is 0 Å². The number of halogens is 2. The molecule has 3 rings (SSSR count). The molecule has 0 aliphatic carbocycles. The Labute approximate surface area is 201 Å². The van der Waals surface area contributed by atoms with Crippen molar-refractivity contribution in [2.24, 2.45) is 0 Å². The van der Waals surface area contributed by atoms with E-state index in [-0.39, 0.29) is 5.57 Å². The van der Waals surface area contributed by atoms with Gasteiger partial charge in [0.1, 0.15) is 35.5 Å². The van der Waals surface area contributed by atoms with Gasteiger partial charge in [0.05, 0.1) is 24.9 Å². The number of methoxy groups -OCH3 is 2. The lowest BCUT2D eigenvalue weighted by Crippen LogP contribution is -2.14. The number of carbonyl (C=O) groups is 1. The Bertz CT molecular complexity index is 1220. The Morgan fingerprint density at radius 2 is 1.73 bits per heavy atom. The van der Waals surface area contributed by atoms with Crippen LogP contribution in [0.5, 0.6) is 17.2 Å². The zero-order valence-corrected chi connectivity index (χ0v) is 19.4. The quantitative estimate of drug-likeness (QED) is 0.308. The predicted octanol–water partition coefficient (Wildman–Crippen LogP) is 6.14. The van der Waals surface area contributed by atoms with Crippen LogP contribution in [0.2, 0.25) is 10.0 Å². The van der Waals surface area contributed by atoms with Gasteiger partial charge in [-0.2, -0.15) is 5.26 Å². The van der Waals surface area contributed by atoms with Gasteiger partial charge in [0, 0.05) is 22.7 Å². The van der Waals surface area contributed by atoms with Gasteiger partial charge in [0.15, 0.2) is 0 Å². The van der Waals surface area contributed by atoms with E-state index in [0.29, 0.717) is 45.2 Å². The number of rotatable bonds is 8. The standard InChI is InChI=1S/C25H20Cl2N2O4/c1-31-23-13-21(24(32-2)12-20(23)27)29-25(30)18(14-28)10-17-11-19(26)8-9-22(17)33-15-16-6-4-3-5-7-16/h3-13H,15H2,1-2H3,(H,29,30)/b18-10+. The normalized spacial score (nSPS) is 10.8. The second-order valence-corrected chi connectivity index (χ2v) is 7.61. The van der Waals surface area contributed by atoms with E-state index in [2.05, 4.69) is 5.32 Å². The van der Waals surface area contributed by atoms with Gasteiger partial charge in [-0.3, -0.25) is 4.79 Å². The van der Waals surface area contributed by atoms with Crippen LogP contribution in [0.1, 0.15) is 11.1 Å². The monoisotopic (exact) mass is 482 g/mol. The molecule has 0 saturated heterocycles. The Hall–Kier alpha value is -3.66. The van der Waals surface area contributed by atoms with Gasteiger partial charge in [-0.25, -0.2) is 0 Å². The first-order valence-corrected chi connectivity index (χ1v) is 10.5. The summed E-state index contributed by atoms with van der Waals surface area (Å²) in [6.07, 6.45) is 1.42. The van der Waals surface area contributed by atoms with Crippen LogP contribution in [0.3, 0.4) is 0 Å². The average molecular weight is 483 g/mol. The van der Waals surface area contributed by atoms with Crippen molar-refractivity contribution >= 4 is 40.9 Å². The highest BCUT2D eigenvalue weighted by Gasteiger charge is 2.16. The van der Waals surface area contributed by atoms with E-state index in [1.54, 1.807) is 18.2 Å². The summed E-state index contributed by atoms with van der Waals surface area (Å²) in [4.78, 5) is 12.9. The Morgan fingerprint density at radius 1 is 1.00 bits per heavy atom. The molecule has 3 aromatic carbocycles. The highest BCUT2D eigenvalue weighted by molar-refractivity contribution is 6.32. The van der Waals surface area contributed by atoms with Gasteiger partial charge in [-0.1, -0.05) is 53.5 Å². The van der Waals surface area contributed by atoms with Crippen molar-refractivity contribution in [2.75, 3.05) is 19.5 Å². The van der Waals surface area contributed by atoms with Crippen molar-refractivity contribution in [3.8, 4) is 23.3 Å². The molecule has 1 N–H and O–H groups in total. The van der Waals surface area contributed by atoms with Crippen LogP contribution in [-0.4, -0.2) is 20.1 Å². The van der Waals surface area contributed by atoms with E-state index in [4.69, 9.17) is 37.4 Å². The lowest BCUT2D eigenvalue weighted by atomic mass is 10.1. The Kier molecular flexibility index (Phi) is 8.20. The summed E-state index contributed by atoms with van der Waals surface area (Å²) in [5.74, 6) is 0.506. The Morgan fingerprint density at radius 3 is 2.39 bits per heavy atom. The van der Waals surface area contributed by atoms with Crippen LogP contribution < -0.4 is 19.5 Å². The molecule has 168 valence electrons. The highest BCUT2D eigenvalue weighted by Crippen LogP contribution is 2.36. The predicted molar refractivity (Wildman–Crippen MR) is 129 cm³/mol. The molecule has 0 radical (unpaired) electrons. The molecule has 33 heavy (non-hydrogen) atoms. The highest BCUT2D eigenvalue weighted by atomic mass is 35.5. The van der Waals surface area contributed by atoms with E-state index in [0.717, 1.165) is 5.56 Å². The molecule has 0 unspecified atom stereocenters. The van der Waals surface area contributed by atoms with Crippen molar-refractivity contribution in [1.82, 2.24) is 0 Å². The van der Waals surface area contributed by atoms with Crippen LogP contribution >= 0.6 is 23.2 Å². The topological polar surface area (TPSA) is 80.6 Å². The number of nitrogens with zero attached hydrogens (tertiary/aromatic N) is 1. The minimum atomic E-state index is -0.644. The van der Waals surface area contributed by atoms with Crippen molar-refractivity contribution in [2.45, 2.75) is 6.61 Å². The first kappa shape index (κ1) is 24.0. The molecule has 0 saturated carbocycles. The molecule has 0 heterocycles. The maximum atomic E-state index is 12.9. The minimum Gasteiger partial charge on any atom is -0.495 e. The fourth-order valence-corrected chi connectivity index (χ4v) is 3.36. The largest absolute Gasteiger partial charge is 0.495 e. The third-order valence-electron chi connectivity index (χ3n) is 4.60. The van der Waals surface area contributed by atoms with Crippen LogP contribution in [0.4, 0.5) is 5.69 Å². The molecular formula is C25H20Cl2N2O4. The first-order valence-electron chi connectivity index (χ1n) is 9.76. The lowest BCUT2D eigenvalue weighted by Gasteiger charge is -2.13. The summed E-state index contributed by atoms with van der Waals surface area (Å²) < 4.78 is 16.4. The number of ether oxygens (including phenoxy) is 3. The molecule has 0 fully saturated rings. The zero-order chi connectivity index (χ0) is 23.8. The number of anilines is 1. The molecule has 0 aliphatic rings. The molecule has 8 heteroatoms. The summed E-state index contributed by atoms with van der Waals surface area (Å²) in [7, 11) is 2.90. The van der Waals surface area contributed by atoms with E-state index in [1.807, 2.05) is 36.4 Å². The van der Waals surface area contributed by atoms with Crippen molar-refractivity contribution in [3.05, 3.63) is 87.4 Å². The van der Waals surface area contributed by atoms with Crippen molar-refractivity contribution in [1.29, 1.82) is 5.26 Å². The summed E-state index contributed by atoms with van der Waals surface area (Å²) in [5.41, 5.74) is 1.62. The van der Waals surface area contributed by atoms with Gasteiger partial charge >= 0.3 is 0 Å². The second kappa shape index (κ2) is 11.3. The molecular weight excluding hydrogens is 463 g/mol. The molecule has 0 atom stereocenters. The van der Waals surface area contributed by atoms with E-state index < -0.39 is 5.91 Å². The van der Waals surface area contributed by atoms with Crippen LogP contribution in [0.15, 0.2) is 66.2 Å². The number of hydrogen-bond donors (Lipinski definition) is 1. The van der Waals surface area contributed by atoms with Gasteiger partial charge in [0.2, 0.25) is 0 Å². The zero-order valence-electron chi connectivity index (χ0n) is 17.9. The number of amides is 1. The molecule has 0 bridgehead atoms. The maximum absolute atomic E-state index is 12.9. The van der Waals surface area contributed by atoms with Gasteiger partial charge in [0.25, 0.3) is 5.91 Å². The number of hydrogen-bond acceptors (Lipinski definition) is 5.